The molecule has 1 amide bonds. The predicted octanol–water partition coefficient (Wildman–Crippen LogP) is 4.89. The lowest BCUT2D eigenvalue weighted by Gasteiger charge is -2.34. The van der Waals surface area contributed by atoms with E-state index in [2.05, 4.69) is 39.8 Å². The second-order valence-corrected chi connectivity index (χ2v) is 8.24. The number of nitrogens with zero attached hydrogens (tertiary/aromatic N) is 2. The summed E-state index contributed by atoms with van der Waals surface area (Å²) in [6.45, 7) is 6.40. The molecule has 0 saturated carbocycles. The number of piperidine rings is 1. The number of halogens is 3. The molecular weight excluding hydrogens is 433 g/mol. The molecule has 1 saturated heterocycles. The fourth-order valence-electron chi connectivity index (χ4n) is 3.55. The minimum absolute atomic E-state index is 0. The van der Waals surface area contributed by atoms with E-state index >= 15 is 0 Å². The average molecular weight is 459 g/mol. The maximum atomic E-state index is 12.9. The van der Waals surface area contributed by atoms with Crippen LogP contribution in [0, 0.1) is 11.8 Å². The Morgan fingerprint density at radius 3 is 2.45 bits per heavy atom. The van der Waals surface area contributed by atoms with Crippen molar-refractivity contribution in [3.05, 3.63) is 46.2 Å². The molecule has 1 unspecified atom stereocenters. The van der Waals surface area contributed by atoms with Crippen molar-refractivity contribution >= 4 is 53.2 Å². The first-order chi connectivity index (χ1) is 13.4. The number of pyridine rings is 2. The molecule has 0 aromatic carbocycles. The van der Waals surface area contributed by atoms with Crippen LogP contribution in [0.1, 0.15) is 37.0 Å². The summed E-state index contributed by atoms with van der Waals surface area (Å²) in [5.74, 6) is 1.55. The third kappa shape index (κ3) is 6.44. The summed E-state index contributed by atoms with van der Waals surface area (Å²) in [5.41, 5.74) is 0.392. The van der Waals surface area contributed by atoms with E-state index in [-0.39, 0.29) is 24.4 Å². The molecule has 1 fully saturated rings. The number of anilines is 2. The molecule has 1 atom stereocenters. The van der Waals surface area contributed by atoms with Crippen LogP contribution in [-0.4, -0.2) is 35.0 Å². The first-order valence-corrected chi connectivity index (χ1v) is 10.3. The van der Waals surface area contributed by atoms with E-state index in [0.29, 0.717) is 39.1 Å². The van der Waals surface area contributed by atoms with Crippen molar-refractivity contribution in [1.29, 1.82) is 0 Å². The van der Waals surface area contributed by atoms with Gasteiger partial charge in [0.1, 0.15) is 11.6 Å². The molecule has 29 heavy (non-hydrogen) atoms. The van der Waals surface area contributed by atoms with Gasteiger partial charge in [0, 0.05) is 18.4 Å². The van der Waals surface area contributed by atoms with Crippen LogP contribution in [0.25, 0.3) is 0 Å². The number of nitrogens with one attached hydrogen (secondary N) is 3. The molecule has 2 aromatic rings. The lowest BCUT2D eigenvalue weighted by Crippen LogP contribution is -2.41. The van der Waals surface area contributed by atoms with Crippen LogP contribution in [0.5, 0.6) is 0 Å². The number of carbonyl (C=O) groups is 1. The second kappa shape index (κ2) is 11.0. The van der Waals surface area contributed by atoms with Crippen molar-refractivity contribution in [2.75, 3.05) is 23.7 Å². The summed E-state index contributed by atoms with van der Waals surface area (Å²) in [5, 5.41) is 10.6. The van der Waals surface area contributed by atoms with Crippen LogP contribution >= 0.6 is 35.6 Å². The number of hydrogen-bond acceptors (Lipinski definition) is 5. The summed E-state index contributed by atoms with van der Waals surface area (Å²) in [6.07, 6.45) is 5.23. The fourth-order valence-corrected chi connectivity index (χ4v) is 3.82. The smallest absolute Gasteiger partial charge is 0.260 e. The highest BCUT2D eigenvalue weighted by Crippen LogP contribution is 2.27. The molecule has 6 nitrogen and oxygen atoms in total. The third-order valence-corrected chi connectivity index (χ3v) is 5.41. The zero-order valence-corrected chi connectivity index (χ0v) is 18.7. The van der Waals surface area contributed by atoms with Crippen LogP contribution in [0.2, 0.25) is 10.0 Å². The topological polar surface area (TPSA) is 78.9 Å². The third-order valence-electron chi connectivity index (χ3n) is 4.98. The number of amides is 1. The van der Waals surface area contributed by atoms with Crippen molar-refractivity contribution in [3.63, 3.8) is 0 Å². The fraction of sp³-hybridized carbons (Fsp3) is 0.450. The SMILES string of the molecule is CC(C)C(Nc1ncc(Cl)cc1C(=O)Nc1ccc(Cl)cn1)C1CCNCC1.Cl. The summed E-state index contributed by atoms with van der Waals surface area (Å²) in [7, 11) is 0. The predicted molar refractivity (Wildman–Crippen MR) is 122 cm³/mol. The molecule has 3 rings (SSSR count). The first kappa shape index (κ1) is 23.7. The number of carbonyl (C=O) groups excluding carboxylic acids is 1. The zero-order valence-electron chi connectivity index (χ0n) is 16.4. The summed E-state index contributed by atoms with van der Waals surface area (Å²) in [6, 6.07) is 5.17. The number of aromatic nitrogens is 2. The van der Waals surface area contributed by atoms with Gasteiger partial charge in [0.05, 0.1) is 15.6 Å². The van der Waals surface area contributed by atoms with Gasteiger partial charge in [-0.1, -0.05) is 37.0 Å². The number of rotatable bonds is 6. The largest absolute Gasteiger partial charge is 0.366 e. The minimum atomic E-state index is -0.319. The van der Waals surface area contributed by atoms with E-state index in [4.69, 9.17) is 23.2 Å². The molecule has 9 heteroatoms. The molecule has 1 aliphatic rings. The van der Waals surface area contributed by atoms with Gasteiger partial charge >= 0.3 is 0 Å². The normalized spacial score (nSPS) is 15.5. The van der Waals surface area contributed by atoms with Crippen molar-refractivity contribution in [2.45, 2.75) is 32.7 Å². The van der Waals surface area contributed by atoms with Crippen molar-refractivity contribution in [3.8, 4) is 0 Å². The standard InChI is InChI=1S/C20H25Cl2N5O.ClH/c1-12(2)18(13-5-7-23-8-6-13)27-19-16(9-15(22)11-25-19)20(28)26-17-4-3-14(21)10-24-17;/h3-4,9-13,18,23H,5-8H2,1-2H3,(H,25,27)(H,24,26,28);1H. The second-order valence-electron chi connectivity index (χ2n) is 7.37. The molecule has 0 aliphatic carbocycles. The quantitative estimate of drug-likeness (QED) is 0.574. The monoisotopic (exact) mass is 457 g/mol. The van der Waals surface area contributed by atoms with E-state index < -0.39 is 0 Å². The minimum Gasteiger partial charge on any atom is -0.366 e. The van der Waals surface area contributed by atoms with E-state index in [1.54, 1.807) is 24.4 Å². The van der Waals surface area contributed by atoms with E-state index in [1.165, 1.54) is 6.20 Å². The van der Waals surface area contributed by atoms with Crippen LogP contribution in [0.3, 0.4) is 0 Å². The van der Waals surface area contributed by atoms with E-state index in [9.17, 15) is 4.79 Å². The van der Waals surface area contributed by atoms with Gasteiger partial charge in [-0.3, -0.25) is 4.79 Å². The molecular formula is C20H26Cl3N5O. The Balaban J connectivity index is 0.00000300. The summed E-state index contributed by atoms with van der Waals surface area (Å²) >= 11 is 12.0. The number of hydrogen-bond donors (Lipinski definition) is 3. The summed E-state index contributed by atoms with van der Waals surface area (Å²) < 4.78 is 0. The highest BCUT2D eigenvalue weighted by molar-refractivity contribution is 6.31. The maximum absolute atomic E-state index is 12.9. The van der Waals surface area contributed by atoms with Gasteiger partial charge in [0.15, 0.2) is 0 Å². The molecule has 3 heterocycles. The van der Waals surface area contributed by atoms with Gasteiger partial charge in [-0.25, -0.2) is 9.97 Å². The van der Waals surface area contributed by atoms with Crippen molar-refractivity contribution in [2.24, 2.45) is 11.8 Å². The van der Waals surface area contributed by atoms with Gasteiger partial charge in [0.25, 0.3) is 5.91 Å². The van der Waals surface area contributed by atoms with Gasteiger partial charge < -0.3 is 16.0 Å². The van der Waals surface area contributed by atoms with Crippen molar-refractivity contribution in [1.82, 2.24) is 15.3 Å². The lowest BCUT2D eigenvalue weighted by atomic mass is 9.84. The van der Waals surface area contributed by atoms with Crippen LogP contribution in [0.4, 0.5) is 11.6 Å². The molecule has 0 radical (unpaired) electrons. The highest BCUT2D eigenvalue weighted by Gasteiger charge is 2.28. The summed E-state index contributed by atoms with van der Waals surface area (Å²) in [4.78, 5) is 21.4. The molecule has 3 N–H and O–H groups in total. The Morgan fingerprint density at radius 1 is 1.14 bits per heavy atom. The maximum Gasteiger partial charge on any atom is 0.260 e. The van der Waals surface area contributed by atoms with Gasteiger partial charge in [-0.15, -0.1) is 12.4 Å². The highest BCUT2D eigenvalue weighted by atomic mass is 35.5. The molecule has 0 spiro atoms. The molecule has 0 bridgehead atoms. The van der Waals surface area contributed by atoms with E-state index in [0.717, 1.165) is 25.9 Å². The Bertz CT molecular complexity index is 810. The first-order valence-electron chi connectivity index (χ1n) is 9.49. The van der Waals surface area contributed by atoms with Crippen LogP contribution in [-0.2, 0) is 0 Å². The van der Waals surface area contributed by atoms with E-state index in [1.807, 2.05) is 0 Å². The Morgan fingerprint density at radius 2 is 1.83 bits per heavy atom. The van der Waals surface area contributed by atoms with Crippen molar-refractivity contribution < 1.29 is 4.79 Å². The zero-order chi connectivity index (χ0) is 20.1. The Kier molecular flexibility index (Phi) is 8.96. The average Bonchev–Trinajstić information content (AvgIpc) is 2.69. The lowest BCUT2D eigenvalue weighted by molar-refractivity contribution is 0.102. The van der Waals surface area contributed by atoms with Gasteiger partial charge in [-0.2, -0.15) is 0 Å². The van der Waals surface area contributed by atoms with Crippen LogP contribution in [0.15, 0.2) is 30.6 Å². The Hall–Kier alpha value is -1.60. The Labute approximate surface area is 187 Å². The van der Waals surface area contributed by atoms with Gasteiger partial charge in [0.2, 0.25) is 0 Å². The van der Waals surface area contributed by atoms with Gasteiger partial charge in [-0.05, 0) is 56.0 Å². The molecule has 1 aliphatic heterocycles. The molecule has 158 valence electrons. The van der Waals surface area contributed by atoms with Crippen LogP contribution < -0.4 is 16.0 Å². The molecule has 2 aromatic heterocycles.